The first-order valence-electron chi connectivity index (χ1n) is 14.1. The van der Waals surface area contributed by atoms with E-state index in [-0.39, 0.29) is 48.5 Å². The number of esters is 1. The van der Waals surface area contributed by atoms with Gasteiger partial charge < -0.3 is 14.2 Å². The zero-order chi connectivity index (χ0) is 30.0. The molecule has 1 aliphatic rings. The van der Waals surface area contributed by atoms with Crippen molar-refractivity contribution in [2.45, 2.75) is 58.9 Å². The maximum Gasteiger partial charge on any atom is 0.347 e. The average molecular weight is 574 g/mol. The maximum atomic E-state index is 14.1. The molecule has 4 aromatic rings. The van der Waals surface area contributed by atoms with Crippen molar-refractivity contribution in [3.63, 3.8) is 0 Å². The number of nitrogens with zero attached hydrogens (tertiary/aromatic N) is 3. The van der Waals surface area contributed by atoms with Gasteiger partial charge in [0.25, 0.3) is 5.56 Å². The summed E-state index contributed by atoms with van der Waals surface area (Å²) in [5, 5.41) is 0. The monoisotopic (exact) mass is 573 g/mol. The molecule has 42 heavy (non-hydrogen) atoms. The SMILES string of the molecule is CCOC(=O)c1c(OCc2ccccc2)c2ncc(Cc3ccc(F)cc3)c3c2n(c1=O)C[C@@H](CN(C)C(C)(C)C)O3. The molecular formula is C33H36FN3O5. The first-order chi connectivity index (χ1) is 20.1. The van der Waals surface area contributed by atoms with E-state index in [1.165, 1.54) is 12.1 Å². The van der Waals surface area contributed by atoms with Crippen LogP contribution in [-0.2, 0) is 24.3 Å². The lowest BCUT2D eigenvalue weighted by molar-refractivity contribution is 0.0515. The molecule has 1 atom stereocenters. The van der Waals surface area contributed by atoms with Crippen LogP contribution < -0.4 is 15.0 Å². The Morgan fingerprint density at radius 3 is 2.50 bits per heavy atom. The first kappa shape index (κ1) is 29.3. The molecule has 9 heteroatoms. The van der Waals surface area contributed by atoms with Crippen LogP contribution in [0.25, 0.3) is 11.0 Å². The van der Waals surface area contributed by atoms with Crippen LogP contribution in [0, 0.1) is 5.82 Å². The molecular weight excluding hydrogens is 537 g/mol. The van der Waals surface area contributed by atoms with Gasteiger partial charge in [0.2, 0.25) is 0 Å². The minimum Gasteiger partial charge on any atom is -0.485 e. The van der Waals surface area contributed by atoms with Gasteiger partial charge in [-0.15, -0.1) is 0 Å². The summed E-state index contributed by atoms with van der Waals surface area (Å²) in [6.45, 7) is 8.99. The van der Waals surface area contributed by atoms with Crippen molar-refractivity contribution >= 4 is 17.0 Å². The summed E-state index contributed by atoms with van der Waals surface area (Å²) >= 11 is 0. The second-order valence-electron chi connectivity index (χ2n) is 11.5. The summed E-state index contributed by atoms with van der Waals surface area (Å²) in [7, 11) is 2.01. The Hall–Kier alpha value is -4.24. The lowest BCUT2D eigenvalue weighted by Gasteiger charge is -2.37. The molecule has 2 aromatic carbocycles. The molecule has 220 valence electrons. The Bertz CT molecular complexity index is 1650. The van der Waals surface area contributed by atoms with Crippen molar-refractivity contribution < 1.29 is 23.4 Å². The quantitative estimate of drug-likeness (QED) is 0.249. The van der Waals surface area contributed by atoms with Crippen molar-refractivity contribution in [3.05, 3.63) is 99.2 Å². The zero-order valence-corrected chi connectivity index (χ0v) is 24.6. The van der Waals surface area contributed by atoms with Crippen molar-refractivity contribution in [2.75, 3.05) is 20.2 Å². The van der Waals surface area contributed by atoms with Crippen LogP contribution in [0.15, 0.2) is 65.6 Å². The van der Waals surface area contributed by atoms with Crippen LogP contribution in [0.3, 0.4) is 0 Å². The molecule has 5 rings (SSSR count). The van der Waals surface area contributed by atoms with E-state index in [0.29, 0.717) is 29.7 Å². The topological polar surface area (TPSA) is 82.9 Å². The van der Waals surface area contributed by atoms with E-state index in [2.05, 4.69) is 25.7 Å². The average Bonchev–Trinajstić information content (AvgIpc) is 2.96. The lowest BCUT2D eigenvalue weighted by Crippen LogP contribution is -2.48. The second kappa shape index (κ2) is 11.9. The molecule has 0 radical (unpaired) electrons. The van der Waals surface area contributed by atoms with E-state index in [9.17, 15) is 14.0 Å². The molecule has 0 bridgehead atoms. The summed E-state index contributed by atoms with van der Waals surface area (Å²) in [6, 6.07) is 15.7. The third kappa shape index (κ3) is 6.01. The number of likely N-dealkylation sites (N-methyl/N-ethyl adjacent to an activating group) is 1. The Kier molecular flexibility index (Phi) is 8.31. The van der Waals surface area contributed by atoms with Crippen molar-refractivity contribution in [1.82, 2.24) is 14.5 Å². The number of hydrogen-bond acceptors (Lipinski definition) is 7. The Balaban J connectivity index is 1.69. The van der Waals surface area contributed by atoms with Crippen LogP contribution in [0.4, 0.5) is 4.39 Å². The molecule has 0 N–H and O–H groups in total. The molecule has 0 aliphatic carbocycles. The van der Waals surface area contributed by atoms with E-state index in [0.717, 1.165) is 16.7 Å². The van der Waals surface area contributed by atoms with Crippen LogP contribution >= 0.6 is 0 Å². The minimum atomic E-state index is -0.759. The smallest absolute Gasteiger partial charge is 0.347 e. The summed E-state index contributed by atoms with van der Waals surface area (Å²) in [6.07, 6.45) is 1.70. The molecule has 0 fully saturated rings. The van der Waals surface area contributed by atoms with Gasteiger partial charge in [-0.1, -0.05) is 42.5 Å². The maximum absolute atomic E-state index is 14.1. The standard InChI is InChI=1S/C33H36FN3O5/c1-6-40-32(39)26-30(41-20-22-10-8-7-9-11-22)27-28-29(23(17-35-27)16-21-12-14-24(34)15-13-21)42-25(19-37(28)31(26)38)18-36(5)33(2,3)4/h7-15,17,25H,6,16,18-20H2,1-5H3/t25-/m1/s1. The highest BCUT2D eigenvalue weighted by molar-refractivity contribution is 6.00. The van der Waals surface area contributed by atoms with Gasteiger partial charge in [0.1, 0.15) is 29.6 Å². The van der Waals surface area contributed by atoms with Crippen LogP contribution in [0.2, 0.25) is 0 Å². The first-order valence-corrected chi connectivity index (χ1v) is 14.1. The molecule has 0 amide bonds. The van der Waals surface area contributed by atoms with Crippen LogP contribution in [-0.4, -0.2) is 52.3 Å². The largest absolute Gasteiger partial charge is 0.485 e. The molecule has 1 aliphatic heterocycles. The van der Waals surface area contributed by atoms with E-state index in [1.807, 2.05) is 37.4 Å². The Morgan fingerprint density at radius 2 is 1.83 bits per heavy atom. The minimum absolute atomic E-state index is 0.0667. The van der Waals surface area contributed by atoms with Crippen molar-refractivity contribution in [2.24, 2.45) is 0 Å². The summed E-state index contributed by atoms with van der Waals surface area (Å²) in [4.78, 5) is 34.2. The molecule has 0 unspecified atom stereocenters. The summed E-state index contributed by atoms with van der Waals surface area (Å²) < 4.78 is 33.3. The molecule has 0 saturated carbocycles. The number of halogens is 1. The lowest BCUT2D eigenvalue weighted by atomic mass is 10.0. The fourth-order valence-electron chi connectivity index (χ4n) is 4.98. The second-order valence-corrected chi connectivity index (χ2v) is 11.5. The van der Waals surface area contributed by atoms with Gasteiger partial charge in [-0.25, -0.2) is 9.18 Å². The molecule has 2 aromatic heterocycles. The van der Waals surface area contributed by atoms with Gasteiger partial charge in [-0.3, -0.25) is 19.2 Å². The number of rotatable bonds is 9. The highest BCUT2D eigenvalue weighted by Crippen LogP contribution is 2.39. The number of pyridine rings is 2. The molecule has 3 heterocycles. The molecule has 8 nitrogen and oxygen atoms in total. The fraction of sp³-hybridized carbons (Fsp3) is 0.364. The number of benzene rings is 2. The van der Waals surface area contributed by atoms with Gasteiger partial charge in [0.05, 0.1) is 13.2 Å². The third-order valence-electron chi connectivity index (χ3n) is 7.56. The van der Waals surface area contributed by atoms with Gasteiger partial charge in [0, 0.05) is 30.3 Å². The van der Waals surface area contributed by atoms with Gasteiger partial charge in [0.15, 0.2) is 17.1 Å². The third-order valence-corrected chi connectivity index (χ3v) is 7.56. The Labute approximate surface area is 244 Å². The van der Waals surface area contributed by atoms with Gasteiger partial charge >= 0.3 is 5.97 Å². The normalized spacial score (nSPS) is 14.6. The van der Waals surface area contributed by atoms with Crippen molar-refractivity contribution in [1.29, 1.82) is 0 Å². The van der Waals surface area contributed by atoms with Gasteiger partial charge in [-0.05, 0) is 58.0 Å². The highest BCUT2D eigenvalue weighted by Gasteiger charge is 2.34. The van der Waals surface area contributed by atoms with Gasteiger partial charge in [-0.2, -0.15) is 0 Å². The predicted molar refractivity (Wildman–Crippen MR) is 159 cm³/mol. The summed E-state index contributed by atoms with van der Waals surface area (Å²) in [5.74, 6) is -0.513. The van der Waals surface area contributed by atoms with Crippen LogP contribution in [0.5, 0.6) is 11.5 Å². The van der Waals surface area contributed by atoms with E-state index < -0.39 is 11.5 Å². The van der Waals surface area contributed by atoms with E-state index in [4.69, 9.17) is 19.2 Å². The van der Waals surface area contributed by atoms with E-state index in [1.54, 1.807) is 29.8 Å². The van der Waals surface area contributed by atoms with Crippen LogP contribution in [0.1, 0.15) is 54.7 Å². The highest BCUT2D eigenvalue weighted by atomic mass is 19.1. The number of hydrogen-bond donors (Lipinski definition) is 0. The Morgan fingerprint density at radius 1 is 1.12 bits per heavy atom. The number of carbonyl (C=O) groups is 1. The fourth-order valence-corrected chi connectivity index (χ4v) is 4.98. The van der Waals surface area contributed by atoms with Crippen molar-refractivity contribution in [3.8, 4) is 11.5 Å². The number of ether oxygens (including phenoxy) is 3. The predicted octanol–water partition coefficient (Wildman–Crippen LogP) is 5.37. The summed E-state index contributed by atoms with van der Waals surface area (Å²) in [5.41, 5.74) is 2.44. The number of aromatic nitrogens is 2. The zero-order valence-electron chi connectivity index (χ0n) is 24.6. The number of carbonyl (C=O) groups excluding carboxylic acids is 1. The van der Waals surface area contributed by atoms with E-state index >= 15 is 0 Å². The molecule has 0 spiro atoms. The molecule has 0 saturated heterocycles.